The summed E-state index contributed by atoms with van der Waals surface area (Å²) < 4.78 is 0. The highest BCUT2D eigenvalue weighted by atomic mass is 16.4. The van der Waals surface area contributed by atoms with Gasteiger partial charge in [0.1, 0.15) is 17.9 Å². The molecular formula is C30H49NO7. The van der Waals surface area contributed by atoms with Crippen LogP contribution in [0.15, 0.2) is 0 Å². The summed E-state index contributed by atoms with van der Waals surface area (Å²) >= 11 is 0. The molecule has 0 bridgehead atoms. The Morgan fingerprint density at radius 2 is 1.61 bits per heavy atom. The molecule has 8 heteroatoms. The van der Waals surface area contributed by atoms with E-state index in [0.717, 1.165) is 24.7 Å². The van der Waals surface area contributed by atoms with Gasteiger partial charge >= 0.3 is 0 Å². The molecule has 12 atom stereocenters. The molecule has 0 aromatic heterocycles. The molecular weight excluding hydrogens is 486 g/mol. The van der Waals surface area contributed by atoms with E-state index in [1.54, 1.807) is 0 Å². The van der Waals surface area contributed by atoms with Gasteiger partial charge in [-0.1, -0.05) is 39.5 Å². The molecule has 0 amide bonds. The summed E-state index contributed by atoms with van der Waals surface area (Å²) in [6, 6.07) is 0. The van der Waals surface area contributed by atoms with Crippen molar-refractivity contribution in [1.82, 2.24) is 0 Å². The fourth-order valence-corrected chi connectivity index (χ4v) is 9.73. The fraction of sp³-hybridized carbons (Fsp3) is 0.933. The number of carbonyl (C=O) groups is 2. The number of aliphatic hydroxyl groups excluding tert-OH is 4. The zero-order valence-electron chi connectivity index (χ0n) is 23.0. The van der Waals surface area contributed by atoms with Crippen LogP contribution in [0.4, 0.5) is 0 Å². The minimum absolute atomic E-state index is 0.124. The van der Waals surface area contributed by atoms with E-state index in [-0.39, 0.29) is 18.3 Å². The van der Waals surface area contributed by atoms with Crippen LogP contribution >= 0.6 is 0 Å². The number of ketones is 2. The summed E-state index contributed by atoms with van der Waals surface area (Å²) in [5, 5.41) is 55.6. The van der Waals surface area contributed by atoms with Crippen molar-refractivity contribution in [1.29, 1.82) is 0 Å². The highest BCUT2D eigenvalue weighted by molar-refractivity contribution is 6.09. The standard InChI is InChI=1S/C30H49NO7/c1-14(2)3-4-15-5-7-16(8-6-15)19-9-10-21(32)24-20(19)12-17-11-18-13-22(33)25(29(31)37)28(36)30(18,38)27(35)23(17)26(24)34/h14-21,23-27,29,32,34-35,37-38H,3-13,31H2,1-2H3/t15?,16?,17-,18+,19?,20?,21?,23?,24?,25?,26?,27?,29?,30+/m1/s1. The predicted molar refractivity (Wildman–Crippen MR) is 140 cm³/mol. The fourth-order valence-electron chi connectivity index (χ4n) is 9.73. The lowest BCUT2D eigenvalue weighted by Crippen LogP contribution is -2.72. The lowest BCUT2D eigenvalue weighted by molar-refractivity contribution is -0.237. The molecule has 0 radical (unpaired) electrons. The molecule has 0 saturated heterocycles. The first kappa shape index (κ1) is 28.6. The van der Waals surface area contributed by atoms with Gasteiger partial charge < -0.3 is 31.3 Å². The molecule has 5 aliphatic carbocycles. The van der Waals surface area contributed by atoms with Crippen molar-refractivity contribution >= 4 is 11.6 Å². The Hall–Kier alpha value is -0.900. The van der Waals surface area contributed by atoms with E-state index in [0.29, 0.717) is 24.7 Å². The van der Waals surface area contributed by atoms with E-state index in [9.17, 15) is 35.1 Å². The number of hydrogen-bond acceptors (Lipinski definition) is 8. The highest BCUT2D eigenvalue weighted by Gasteiger charge is 2.67. The zero-order chi connectivity index (χ0) is 27.5. The summed E-state index contributed by atoms with van der Waals surface area (Å²) in [7, 11) is 0. The number of aliphatic hydroxyl groups is 5. The van der Waals surface area contributed by atoms with E-state index in [2.05, 4.69) is 13.8 Å². The van der Waals surface area contributed by atoms with Crippen LogP contribution in [-0.4, -0.2) is 67.2 Å². The lowest BCUT2D eigenvalue weighted by atomic mass is 9.47. The van der Waals surface area contributed by atoms with Crippen molar-refractivity contribution in [3.05, 3.63) is 0 Å². The van der Waals surface area contributed by atoms with E-state index in [4.69, 9.17) is 5.73 Å². The number of Topliss-reactive ketones (excluding diaryl/α,β-unsaturated/α-hetero) is 2. The highest BCUT2D eigenvalue weighted by Crippen LogP contribution is 2.58. The van der Waals surface area contributed by atoms with Crippen molar-refractivity contribution < 1.29 is 35.1 Å². The van der Waals surface area contributed by atoms with Crippen LogP contribution in [0.25, 0.3) is 0 Å². The third-order valence-corrected chi connectivity index (χ3v) is 11.7. The van der Waals surface area contributed by atoms with Gasteiger partial charge in [-0.25, -0.2) is 0 Å². The molecule has 0 spiro atoms. The van der Waals surface area contributed by atoms with Crippen LogP contribution in [0.3, 0.4) is 0 Å². The smallest absolute Gasteiger partial charge is 0.181 e. The maximum Gasteiger partial charge on any atom is 0.181 e. The molecule has 9 unspecified atom stereocenters. The molecule has 5 rings (SSSR count). The molecule has 0 aromatic carbocycles. The van der Waals surface area contributed by atoms with Gasteiger partial charge in [-0.3, -0.25) is 9.59 Å². The van der Waals surface area contributed by atoms with Crippen LogP contribution in [0.2, 0.25) is 0 Å². The normalized spacial score (nSPS) is 50.2. The first-order valence-electron chi connectivity index (χ1n) is 15.2. The minimum atomic E-state index is -2.23. The maximum absolute atomic E-state index is 13.2. The third kappa shape index (κ3) is 4.71. The number of nitrogens with two attached hydrogens (primary N) is 1. The number of carbonyl (C=O) groups excluding carboxylic acids is 2. The van der Waals surface area contributed by atoms with E-state index in [1.165, 1.54) is 38.5 Å². The monoisotopic (exact) mass is 535 g/mol. The van der Waals surface area contributed by atoms with Gasteiger partial charge in [-0.2, -0.15) is 0 Å². The Morgan fingerprint density at radius 1 is 0.921 bits per heavy atom. The topological polar surface area (TPSA) is 161 Å². The molecule has 0 aromatic rings. The Kier molecular flexibility index (Phi) is 8.15. The maximum atomic E-state index is 13.2. The average molecular weight is 536 g/mol. The Morgan fingerprint density at radius 3 is 2.24 bits per heavy atom. The largest absolute Gasteiger partial charge is 0.393 e. The van der Waals surface area contributed by atoms with Crippen LogP contribution in [0.1, 0.15) is 84.5 Å². The average Bonchev–Trinajstić information content (AvgIpc) is 2.85. The molecule has 0 heterocycles. The SMILES string of the molecule is CC(C)CCC1CCC(C2CCC(O)C3C(O)C4C(O)[C@]5(O)C(=O)C(C(N)O)C(=O)C[C@@H]5C[C@@H]4CC23)CC1. The quantitative estimate of drug-likeness (QED) is 0.229. The second kappa shape index (κ2) is 10.8. The van der Waals surface area contributed by atoms with Gasteiger partial charge in [0, 0.05) is 24.2 Å². The summed E-state index contributed by atoms with van der Waals surface area (Å²) in [5.41, 5.74) is 3.27. The lowest BCUT2D eigenvalue weighted by Gasteiger charge is -2.60. The summed E-state index contributed by atoms with van der Waals surface area (Å²) in [5.74, 6) is -2.47. The molecule has 5 aliphatic rings. The van der Waals surface area contributed by atoms with Gasteiger partial charge in [-0.05, 0) is 74.0 Å². The Bertz CT molecular complexity index is 886. The first-order chi connectivity index (χ1) is 17.9. The van der Waals surface area contributed by atoms with Gasteiger partial charge in [-0.15, -0.1) is 0 Å². The van der Waals surface area contributed by atoms with E-state index < -0.39 is 65.4 Å². The summed E-state index contributed by atoms with van der Waals surface area (Å²) in [4.78, 5) is 25.9. The summed E-state index contributed by atoms with van der Waals surface area (Å²) in [6.45, 7) is 4.56. The summed E-state index contributed by atoms with van der Waals surface area (Å²) in [6.07, 6.45) is 4.89. The molecule has 216 valence electrons. The van der Waals surface area contributed by atoms with Crippen LogP contribution in [0, 0.1) is 59.2 Å². The molecule has 8 nitrogen and oxygen atoms in total. The van der Waals surface area contributed by atoms with Gasteiger partial charge in [0.15, 0.2) is 11.4 Å². The van der Waals surface area contributed by atoms with E-state index >= 15 is 0 Å². The van der Waals surface area contributed by atoms with Crippen LogP contribution in [-0.2, 0) is 9.59 Å². The minimum Gasteiger partial charge on any atom is -0.393 e. The van der Waals surface area contributed by atoms with Crippen molar-refractivity contribution in [2.75, 3.05) is 0 Å². The van der Waals surface area contributed by atoms with Gasteiger partial charge in [0.05, 0.1) is 18.3 Å². The van der Waals surface area contributed by atoms with Gasteiger partial charge in [0.2, 0.25) is 0 Å². The number of hydrogen-bond donors (Lipinski definition) is 6. The van der Waals surface area contributed by atoms with Crippen molar-refractivity contribution in [2.45, 2.75) is 115 Å². The number of rotatable bonds is 5. The Labute approximate surface area is 226 Å². The number of fused-ring (bicyclic) bond motifs is 3. The second-order valence-electron chi connectivity index (χ2n) is 14.1. The van der Waals surface area contributed by atoms with E-state index in [1.807, 2.05) is 0 Å². The van der Waals surface area contributed by atoms with Crippen LogP contribution in [0.5, 0.6) is 0 Å². The Balaban J connectivity index is 1.35. The first-order valence-corrected chi connectivity index (χ1v) is 15.2. The van der Waals surface area contributed by atoms with Crippen molar-refractivity contribution in [3.8, 4) is 0 Å². The molecule has 38 heavy (non-hydrogen) atoms. The van der Waals surface area contributed by atoms with Crippen molar-refractivity contribution in [3.63, 3.8) is 0 Å². The van der Waals surface area contributed by atoms with Gasteiger partial charge in [0.25, 0.3) is 0 Å². The zero-order valence-corrected chi connectivity index (χ0v) is 23.0. The molecule has 0 aliphatic heterocycles. The molecule has 7 N–H and O–H groups in total. The molecule has 5 saturated carbocycles. The predicted octanol–water partition coefficient (Wildman–Crippen LogP) is 1.78. The molecule has 5 fully saturated rings. The van der Waals surface area contributed by atoms with Crippen molar-refractivity contribution in [2.24, 2.45) is 64.9 Å². The van der Waals surface area contributed by atoms with Crippen LogP contribution < -0.4 is 5.73 Å². The third-order valence-electron chi connectivity index (χ3n) is 11.7. The second-order valence-corrected chi connectivity index (χ2v) is 14.1.